The number of nitrogens with one attached hydrogen (secondary N) is 2. The number of benzene rings is 2. The van der Waals surface area contributed by atoms with Crippen molar-refractivity contribution in [3.8, 4) is 0 Å². The van der Waals surface area contributed by atoms with Gasteiger partial charge in [0.15, 0.2) is 5.96 Å². The van der Waals surface area contributed by atoms with Crippen molar-refractivity contribution in [2.45, 2.75) is 6.54 Å². The zero-order valence-corrected chi connectivity index (χ0v) is 13.3. The quantitative estimate of drug-likeness (QED) is 0.778. The highest BCUT2D eigenvalue weighted by molar-refractivity contribution is 7.16. The first-order valence-electron chi connectivity index (χ1n) is 7.51. The van der Waals surface area contributed by atoms with Gasteiger partial charge in [-0.2, -0.15) is 0 Å². The minimum absolute atomic E-state index is 0.748. The van der Waals surface area contributed by atoms with E-state index >= 15 is 0 Å². The van der Waals surface area contributed by atoms with Crippen molar-refractivity contribution >= 4 is 33.6 Å². The average Bonchev–Trinajstić information content (AvgIpc) is 3.23. The van der Waals surface area contributed by atoms with Crippen LogP contribution < -0.4 is 10.6 Å². The normalized spacial score (nSPS) is 15.7. The van der Waals surface area contributed by atoms with Crippen LogP contribution in [0.15, 0.2) is 64.7 Å². The second-order valence-corrected chi connectivity index (χ2v) is 6.25. The molecule has 0 saturated carbocycles. The van der Waals surface area contributed by atoms with E-state index in [-0.39, 0.29) is 0 Å². The predicted molar refractivity (Wildman–Crippen MR) is 96.3 cm³/mol. The third kappa shape index (κ3) is 3.24. The van der Waals surface area contributed by atoms with Crippen molar-refractivity contribution in [2.24, 2.45) is 4.99 Å². The van der Waals surface area contributed by atoms with E-state index in [1.54, 1.807) is 11.3 Å². The van der Waals surface area contributed by atoms with Crippen LogP contribution in [0, 0.1) is 0 Å². The van der Waals surface area contributed by atoms with E-state index < -0.39 is 0 Å². The number of hydrogen-bond acceptors (Lipinski definition) is 5. The lowest BCUT2D eigenvalue weighted by Crippen LogP contribution is -2.33. The van der Waals surface area contributed by atoms with Gasteiger partial charge >= 0.3 is 0 Å². The lowest BCUT2D eigenvalue weighted by Gasteiger charge is -2.05. The van der Waals surface area contributed by atoms with E-state index in [0.29, 0.717) is 0 Å². The third-order valence-electron chi connectivity index (χ3n) is 3.68. The summed E-state index contributed by atoms with van der Waals surface area (Å²) in [5.41, 5.74) is 6.36. The Bertz CT molecular complexity index is 880. The molecule has 0 atom stereocenters. The first kappa shape index (κ1) is 14.0. The fourth-order valence-electron chi connectivity index (χ4n) is 2.52. The summed E-state index contributed by atoms with van der Waals surface area (Å²) in [6, 6.07) is 16.6. The molecule has 0 saturated heterocycles. The summed E-state index contributed by atoms with van der Waals surface area (Å²) < 4.78 is 1.21. The molecule has 0 amide bonds. The smallest absolute Gasteiger partial charge is 0.196 e. The van der Waals surface area contributed by atoms with E-state index in [4.69, 9.17) is 0 Å². The van der Waals surface area contributed by atoms with E-state index in [9.17, 15) is 0 Å². The Hall–Kier alpha value is -2.66. The fraction of sp³-hybridized carbons (Fsp3) is 0.111. The molecule has 0 radical (unpaired) electrons. The van der Waals surface area contributed by atoms with Gasteiger partial charge in [0.25, 0.3) is 0 Å². The molecule has 0 bridgehead atoms. The number of hydrogen-bond donors (Lipinski definition) is 2. The van der Waals surface area contributed by atoms with Gasteiger partial charge in [0.1, 0.15) is 0 Å². The molecule has 114 valence electrons. The molecule has 3 aromatic rings. The number of rotatable bonds is 3. The van der Waals surface area contributed by atoms with E-state index in [1.807, 2.05) is 23.7 Å². The number of fused-ring (bicyclic) bond motifs is 1. The van der Waals surface area contributed by atoms with Crippen LogP contribution in [0.5, 0.6) is 0 Å². The average molecular weight is 320 g/mol. The second kappa shape index (κ2) is 6.22. The summed E-state index contributed by atoms with van der Waals surface area (Å²) in [5, 5.41) is 6.62. The Morgan fingerprint density at radius 2 is 2.09 bits per heavy atom. The van der Waals surface area contributed by atoms with Crippen LogP contribution >= 0.6 is 11.3 Å². The summed E-state index contributed by atoms with van der Waals surface area (Å²) >= 11 is 1.66. The summed E-state index contributed by atoms with van der Waals surface area (Å²) in [5.74, 6) is 0.832. The number of aromatic nitrogens is 1. The van der Waals surface area contributed by atoms with E-state index in [1.165, 1.54) is 10.3 Å². The molecule has 5 heteroatoms. The highest BCUT2D eigenvalue weighted by atomic mass is 32.1. The highest BCUT2D eigenvalue weighted by Gasteiger charge is 2.10. The molecular formula is C18H16N4S. The van der Waals surface area contributed by atoms with Crippen LogP contribution in [0.2, 0.25) is 0 Å². The largest absolute Gasteiger partial charge is 0.352 e. The molecule has 0 fully saturated rings. The van der Waals surface area contributed by atoms with E-state index in [0.717, 1.165) is 35.8 Å². The Kier molecular flexibility index (Phi) is 3.78. The SMILES string of the molecule is C(=C1\CNC(NCc2ccccc2)=N1)/c1ccc2ncsc2c1. The minimum atomic E-state index is 0.748. The Morgan fingerprint density at radius 3 is 3.00 bits per heavy atom. The van der Waals surface area contributed by atoms with Gasteiger partial charge in [0.05, 0.1) is 28.0 Å². The minimum Gasteiger partial charge on any atom is -0.352 e. The maximum absolute atomic E-state index is 4.61. The summed E-state index contributed by atoms with van der Waals surface area (Å²) in [6.07, 6.45) is 2.11. The summed E-state index contributed by atoms with van der Waals surface area (Å²) in [6.45, 7) is 1.52. The van der Waals surface area contributed by atoms with Gasteiger partial charge in [-0.1, -0.05) is 36.4 Å². The van der Waals surface area contributed by atoms with Crippen molar-refractivity contribution in [1.29, 1.82) is 0 Å². The molecule has 2 N–H and O–H groups in total. The topological polar surface area (TPSA) is 49.3 Å². The number of thiazole rings is 1. The summed E-state index contributed by atoms with van der Waals surface area (Å²) in [4.78, 5) is 8.91. The van der Waals surface area contributed by atoms with Gasteiger partial charge in [-0.25, -0.2) is 9.98 Å². The maximum Gasteiger partial charge on any atom is 0.196 e. The van der Waals surface area contributed by atoms with Crippen molar-refractivity contribution in [3.05, 3.63) is 70.9 Å². The fourth-order valence-corrected chi connectivity index (χ4v) is 3.24. The Morgan fingerprint density at radius 1 is 1.17 bits per heavy atom. The Balaban J connectivity index is 1.46. The first-order valence-corrected chi connectivity index (χ1v) is 8.39. The standard InChI is InChI=1S/C18H16N4S/c1-2-4-13(5-3-1)10-19-18-20-11-15(22-18)8-14-6-7-16-17(9-14)23-12-21-16/h1-9,12H,10-11H2,(H2,19,20,22)/b15-8-. The van der Waals surface area contributed by atoms with Gasteiger partial charge in [-0.05, 0) is 29.3 Å². The monoisotopic (exact) mass is 320 g/mol. The van der Waals surface area contributed by atoms with Gasteiger partial charge in [0.2, 0.25) is 0 Å². The van der Waals surface area contributed by atoms with Crippen molar-refractivity contribution < 1.29 is 0 Å². The molecule has 23 heavy (non-hydrogen) atoms. The zero-order valence-electron chi connectivity index (χ0n) is 12.5. The second-order valence-electron chi connectivity index (χ2n) is 5.37. The molecule has 1 aliphatic heterocycles. The van der Waals surface area contributed by atoms with Crippen molar-refractivity contribution in [1.82, 2.24) is 15.6 Å². The van der Waals surface area contributed by atoms with Crippen molar-refractivity contribution in [2.75, 3.05) is 6.54 Å². The molecule has 4 rings (SSSR count). The van der Waals surface area contributed by atoms with Gasteiger partial charge in [0, 0.05) is 6.54 Å². The van der Waals surface area contributed by atoms with Crippen LogP contribution in [0.4, 0.5) is 0 Å². The van der Waals surface area contributed by atoms with Crippen LogP contribution in [0.3, 0.4) is 0 Å². The van der Waals surface area contributed by atoms with Crippen LogP contribution in [-0.4, -0.2) is 17.5 Å². The zero-order chi connectivity index (χ0) is 15.5. The summed E-state index contributed by atoms with van der Waals surface area (Å²) in [7, 11) is 0. The van der Waals surface area contributed by atoms with Gasteiger partial charge in [-0.15, -0.1) is 11.3 Å². The Labute approximate surface area is 138 Å². The lowest BCUT2D eigenvalue weighted by molar-refractivity contribution is 0.873. The van der Waals surface area contributed by atoms with Crippen molar-refractivity contribution in [3.63, 3.8) is 0 Å². The lowest BCUT2D eigenvalue weighted by atomic mass is 10.2. The van der Waals surface area contributed by atoms with Crippen LogP contribution in [0.25, 0.3) is 16.3 Å². The molecule has 1 aromatic heterocycles. The van der Waals surface area contributed by atoms with E-state index in [2.05, 4.69) is 57.0 Å². The molecule has 0 unspecified atom stereocenters. The van der Waals surface area contributed by atoms with Gasteiger partial charge in [-0.3, -0.25) is 0 Å². The molecule has 4 nitrogen and oxygen atoms in total. The maximum atomic E-state index is 4.61. The number of nitrogens with zero attached hydrogens (tertiary/aromatic N) is 2. The third-order valence-corrected chi connectivity index (χ3v) is 4.48. The molecule has 2 aromatic carbocycles. The molecule has 1 aliphatic rings. The molecular weight excluding hydrogens is 304 g/mol. The number of aliphatic imine (C=N–C) groups is 1. The molecule has 0 aliphatic carbocycles. The predicted octanol–water partition coefficient (Wildman–Crippen LogP) is 3.39. The number of guanidine groups is 1. The van der Waals surface area contributed by atoms with Crippen LogP contribution in [0.1, 0.15) is 11.1 Å². The highest BCUT2D eigenvalue weighted by Crippen LogP contribution is 2.21. The molecule has 2 heterocycles. The molecule has 0 spiro atoms. The van der Waals surface area contributed by atoms with Gasteiger partial charge < -0.3 is 10.6 Å². The van der Waals surface area contributed by atoms with Crippen LogP contribution in [-0.2, 0) is 6.54 Å². The first-order chi connectivity index (χ1) is 11.4.